The first-order chi connectivity index (χ1) is 12.6. The number of methoxy groups -OCH3 is 2. The Morgan fingerprint density at radius 2 is 1.85 bits per heavy atom. The molecule has 0 bridgehead atoms. The zero-order valence-corrected chi connectivity index (χ0v) is 17.9. The lowest BCUT2D eigenvalue weighted by Crippen LogP contribution is -2.16. The van der Waals surface area contributed by atoms with Crippen molar-refractivity contribution in [1.29, 1.82) is 0 Å². The molecule has 0 amide bonds. The Bertz CT molecular complexity index is 708. The highest BCUT2D eigenvalue weighted by Crippen LogP contribution is 2.38. The fraction of sp³-hybridized carbons (Fsp3) is 0.368. The molecule has 1 N–H and O–H groups in total. The van der Waals surface area contributed by atoms with E-state index in [-0.39, 0.29) is 6.61 Å². The second kappa shape index (κ2) is 11.0. The molecule has 0 saturated carbocycles. The van der Waals surface area contributed by atoms with Crippen molar-refractivity contribution in [3.05, 3.63) is 56.0 Å². The van der Waals surface area contributed by atoms with E-state index >= 15 is 0 Å². The molecule has 0 unspecified atom stereocenters. The van der Waals surface area contributed by atoms with Gasteiger partial charge in [-0.3, -0.25) is 0 Å². The fourth-order valence-corrected chi connectivity index (χ4v) is 3.51. The fourth-order valence-electron chi connectivity index (χ4n) is 2.40. The van der Waals surface area contributed by atoms with E-state index in [9.17, 15) is 0 Å². The molecular formula is C19H22BrCl2NO3. The maximum absolute atomic E-state index is 6.20. The van der Waals surface area contributed by atoms with Crippen LogP contribution in [-0.4, -0.2) is 27.4 Å². The van der Waals surface area contributed by atoms with Gasteiger partial charge in [0.2, 0.25) is 0 Å². The molecule has 0 spiro atoms. The van der Waals surface area contributed by atoms with Crippen LogP contribution in [-0.2, 0) is 17.9 Å². The van der Waals surface area contributed by atoms with E-state index in [1.165, 1.54) is 0 Å². The summed E-state index contributed by atoms with van der Waals surface area (Å²) in [6.07, 6.45) is 0.967. The molecule has 26 heavy (non-hydrogen) atoms. The lowest BCUT2D eigenvalue weighted by atomic mass is 10.2. The van der Waals surface area contributed by atoms with Gasteiger partial charge in [0.1, 0.15) is 6.61 Å². The van der Waals surface area contributed by atoms with Crippen molar-refractivity contribution in [3.8, 4) is 11.5 Å². The van der Waals surface area contributed by atoms with Gasteiger partial charge in [0.05, 0.1) is 11.6 Å². The molecule has 142 valence electrons. The van der Waals surface area contributed by atoms with Crippen molar-refractivity contribution in [2.75, 3.05) is 27.4 Å². The van der Waals surface area contributed by atoms with Gasteiger partial charge >= 0.3 is 0 Å². The van der Waals surface area contributed by atoms with Crippen molar-refractivity contribution in [2.45, 2.75) is 19.6 Å². The Hall–Kier alpha value is -0.980. The van der Waals surface area contributed by atoms with Crippen LogP contribution >= 0.6 is 39.1 Å². The molecule has 0 saturated heterocycles. The Morgan fingerprint density at radius 3 is 2.50 bits per heavy atom. The molecule has 4 nitrogen and oxygen atoms in total. The number of benzene rings is 2. The third kappa shape index (κ3) is 6.03. The summed E-state index contributed by atoms with van der Waals surface area (Å²) in [5.74, 6) is 1.27. The molecule has 2 rings (SSSR count). The lowest BCUT2D eigenvalue weighted by Gasteiger charge is -2.16. The molecule has 0 aliphatic carbocycles. The Balaban J connectivity index is 2.06. The Kier molecular flexibility index (Phi) is 9.02. The van der Waals surface area contributed by atoms with Crippen molar-refractivity contribution >= 4 is 39.1 Å². The van der Waals surface area contributed by atoms with Gasteiger partial charge in [-0.25, -0.2) is 0 Å². The van der Waals surface area contributed by atoms with Gasteiger partial charge in [-0.15, -0.1) is 0 Å². The predicted molar refractivity (Wildman–Crippen MR) is 110 cm³/mol. The minimum atomic E-state index is 0.252. The molecule has 7 heteroatoms. The predicted octanol–water partition coefficient (Wildman–Crippen LogP) is 5.47. The summed E-state index contributed by atoms with van der Waals surface area (Å²) in [4.78, 5) is 0. The molecular weight excluding hydrogens is 441 g/mol. The van der Waals surface area contributed by atoms with Crippen LogP contribution in [0.1, 0.15) is 17.5 Å². The number of rotatable bonds is 10. The smallest absolute Gasteiger partial charge is 0.175 e. The van der Waals surface area contributed by atoms with Crippen molar-refractivity contribution in [2.24, 2.45) is 0 Å². The largest absolute Gasteiger partial charge is 0.493 e. The molecule has 0 fully saturated rings. The Labute approximate surface area is 172 Å². The van der Waals surface area contributed by atoms with Crippen molar-refractivity contribution in [1.82, 2.24) is 5.32 Å². The Morgan fingerprint density at radius 1 is 1.12 bits per heavy atom. The highest BCUT2D eigenvalue weighted by molar-refractivity contribution is 9.10. The van der Waals surface area contributed by atoms with E-state index < -0.39 is 0 Å². The van der Waals surface area contributed by atoms with Gasteiger partial charge in [0, 0.05) is 35.9 Å². The maximum Gasteiger partial charge on any atom is 0.175 e. The first kappa shape index (κ1) is 21.3. The van der Waals surface area contributed by atoms with Crippen LogP contribution in [0.25, 0.3) is 0 Å². The van der Waals surface area contributed by atoms with Crippen LogP contribution in [0.3, 0.4) is 0 Å². The van der Waals surface area contributed by atoms with Gasteiger partial charge in [-0.1, -0.05) is 29.3 Å². The summed E-state index contributed by atoms with van der Waals surface area (Å²) < 4.78 is 17.3. The summed E-state index contributed by atoms with van der Waals surface area (Å²) in [5, 5.41) is 4.52. The van der Waals surface area contributed by atoms with Gasteiger partial charge in [0.25, 0.3) is 0 Å². The summed E-state index contributed by atoms with van der Waals surface area (Å²) in [5.41, 5.74) is 1.84. The van der Waals surface area contributed by atoms with E-state index in [1.807, 2.05) is 12.1 Å². The molecule has 2 aromatic rings. The van der Waals surface area contributed by atoms with E-state index in [0.29, 0.717) is 21.5 Å². The lowest BCUT2D eigenvalue weighted by molar-refractivity contribution is 0.194. The highest BCUT2D eigenvalue weighted by Gasteiger charge is 2.14. The van der Waals surface area contributed by atoms with Gasteiger partial charge in [0.15, 0.2) is 11.5 Å². The minimum absolute atomic E-state index is 0.252. The molecule has 2 aromatic carbocycles. The number of ether oxygens (including phenoxy) is 3. The number of hydrogen-bond acceptors (Lipinski definition) is 4. The van der Waals surface area contributed by atoms with Crippen molar-refractivity contribution < 1.29 is 14.2 Å². The van der Waals surface area contributed by atoms with E-state index in [1.54, 1.807) is 32.4 Å². The first-order valence-electron chi connectivity index (χ1n) is 8.18. The van der Waals surface area contributed by atoms with Gasteiger partial charge < -0.3 is 19.5 Å². The molecule has 0 heterocycles. The van der Waals surface area contributed by atoms with Crippen LogP contribution in [0.5, 0.6) is 11.5 Å². The maximum atomic E-state index is 6.20. The third-order valence-electron chi connectivity index (χ3n) is 3.74. The summed E-state index contributed by atoms with van der Waals surface area (Å²) >= 11 is 16.0. The quantitative estimate of drug-likeness (QED) is 0.475. The van der Waals surface area contributed by atoms with E-state index in [4.69, 9.17) is 37.4 Å². The number of nitrogens with one attached hydrogen (secondary N) is 1. The monoisotopic (exact) mass is 461 g/mol. The number of hydrogen-bond donors (Lipinski definition) is 1. The number of halogens is 3. The van der Waals surface area contributed by atoms with Gasteiger partial charge in [-0.2, -0.15) is 0 Å². The van der Waals surface area contributed by atoms with E-state index in [2.05, 4.69) is 21.2 Å². The second-order valence-corrected chi connectivity index (χ2v) is 7.29. The zero-order valence-electron chi connectivity index (χ0n) is 14.8. The summed E-state index contributed by atoms with van der Waals surface area (Å²) in [6.45, 7) is 2.62. The van der Waals surface area contributed by atoms with E-state index in [0.717, 1.165) is 41.7 Å². The third-order valence-corrected chi connectivity index (χ3v) is 5.04. The normalized spacial score (nSPS) is 10.8. The topological polar surface area (TPSA) is 39.7 Å². The minimum Gasteiger partial charge on any atom is -0.493 e. The summed E-state index contributed by atoms with van der Waals surface area (Å²) in [6, 6.07) is 9.35. The average Bonchev–Trinajstić information content (AvgIpc) is 2.62. The van der Waals surface area contributed by atoms with Crippen LogP contribution in [0.4, 0.5) is 0 Å². The van der Waals surface area contributed by atoms with Crippen LogP contribution in [0.2, 0.25) is 10.0 Å². The zero-order chi connectivity index (χ0) is 18.9. The van der Waals surface area contributed by atoms with Crippen LogP contribution in [0, 0.1) is 0 Å². The van der Waals surface area contributed by atoms with Crippen molar-refractivity contribution in [3.63, 3.8) is 0 Å². The molecule has 0 radical (unpaired) electrons. The molecule has 0 atom stereocenters. The van der Waals surface area contributed by atoms with Crippen LogP contribution in [0.15, 0.2) is 34.8 Å². The standard InChI is InChI=1S/C19H22BrCl2NO3/c1-24-8-4-7-23-11-13-9-15(20)19(18(10-13)25-2)26-12-14-16(21)5-3-6-17(14)22/h3,5-6,9-10,23H,4,7-8,11-12H2,1-2H3. The SMILES string of the molecule is COCCCNCc1cc(Br)c(OCc2c(Cl)cccc2Cl)c(OC)c1. The average molecular weight is 463 g/mol. The van der Waals surface area contributed by atoms with Crippen LogP contribution < -0.4 is 14.8 Å². The first-order valence-corrected chi connectivity index (χ1v) is 9.73. The van der Waals surface area contributed by atoms with Gasteiger partial charge in [-0.05, 0) is 58.7 Å². The summed E-state index contributed by atoms with van der Waals surface area (Å²) in [7, 11) is 3.32. The second-order valence-electron chi connectivity index (χ2n) is 5.62. The molecule has 0 aliphatic heterocycles. The molecule has 0 aromatic heterocycles. The molecule has 0 aliphatic rings. The highest BCUT2D eigenvalue weighted by atomic mass is 79.9.